The molecule has 0 aliphatic carbocycles. The van der Waals surface area contributed by atoms with E-state index in [2.05, 4.69) is 36.3 Å². The molecule has 24 heavy (non-hydrogen) atoms. The van der Waals surface area contributed by atoms with Crippen LogP contribution in [0.3, 0.4) is 0 Å². The van der Waals surface area contributed by atoms with Crippen molar-refractivity contribution in [3.63, 3.8) is 0 Å². The lowest BCUT2D eigenvalue weighted by atomic mass is 10.2. The number of aromatic nitrogens is 1. The molecule has 1 aromatic carbocycles. The number of piperazine rings is 1. The fourth-order valence-electron chi connectivity index (χ4n) is 2.46. The van der Waals surface area contributed by atoms with Gasteiger partial charge in [0.15, 0.2) is 0 Å². The predicted octanol–water partition coefficient (Wildman–Crippen LogP) is 2.71. The van der Waals surface area contributed by atoms with Gasteiger partial charge in [-0.05, 0) is 29.8 Å². The van der Waals surface area contributed by atoms with Crippen molar-refractivity contribution < 1.29 is 4.79 Å². The molecule has 1 aliphatic heterocycles. The van der Waals surface area contributed by atoms with Crippen LogP contribution in [0.2, 0.25) is 0 Å². The molecule has 1 aliphatic rings. The van der Waals surface area contributed by atoms with Gasteiger partial charge in [-0.25, -0.2) is 15.2 Å². The molecule has 0 saturated carbocycles. The van der Waals surface area contributed by atoms with E-state index in [1.165, 1.54) is 0 Å². The number of carbonyl (C=O) groups is 1. The highest BCUT2D eigenvalue weighted by Gasteiger charge is 2.21. The molecule has 124 valence electrons. The van der Waals surface area contributed by atoms with Crippen LogP contribution in [0.5, 0.6) is 0 Å². The van der Waals surface area contributed by atoms with Gasteiger partial charge >= 0.3 is 6.03 Å². The van der Waals surface area contributed by atoms with Crippen molar-refractivity contribution in [1.29, 1.82) is 0 Å². The summed E-state index contributed by atoms with van der Waals surface area (Å²) in [4.78, 5) is 20.4. The Bertz CT molecular complexity index is 697. The lowest BCUT2D eigenvalue weighted by molar-refractivity contribution is 0.195. The van der Waals surface area contributed by atoms with Gasteiger partial charge in [-0.1, -0.05) is 34.1 Å². The minimum atomic E-state index is -0.177. The van der Waals surface area contributed by atoms with E-state index in [1.807, 2.05) is 42.5 Å². The third-order valence-electron chi connectivity index (χ3n) is 3.78. The lowest BCUT2D eigenvalue weighted by Crippen LogP contribution is -2.51. The first-order valence-electron chi connectivity index (χ1n) is 7.72. The van der Waals surface area contributed by atoms with Crippen molar-refractivity contribution in [1.82, 2.24) is 15.3 Å². The number of hydrogen-bond donors (Lipinski definition) is 1. The SMILES string of the molecule is O=C(N/N=C/c1ccc(Br)cc1)N1CCN(c2ccccn2)CC1. The summed E-state index contributed by atoms with van der Waals surface area (Å²) in [5, 5.41) is 4.02. The normalized spacial score (nSPS) is 14.9. The molecule has 0 radical (unpaired) electrons. The summed E-state index contributed by atoms with van der Waals surface area (Å²) >= 11 is 3.38. The summed E-state index contributed by atoms with van der Waals surface area (Å²) in [5.74, 6) is 0.950. The van der Waals surface area contributed by atoms with Crippen LogP contribution in [0.1, 0.15) is 5.56 Å². The maximum absolute atomic E-state index is 12.1. The Labute approximate surface area is 149 Å². The molecule has 0 atom stereocenters. The van der Waals surface area contributed by atoms with E-state index in [1.54, 1.807) is 17.3 Å². The quantitative estimate of drug-likeness (QED) is 0.650. The Morgan fingerprint density at radius 3 is 2.54 bits per heavy atom. The molecule has 3 rings (SSSR count). The molecule has 6 nitrogen and oxygen atoms in total. The molecular weight excluding hydrogens is 370 g/mol. The Morgan fingerprint density at radius 2 is 1.88 bits per heavy atom. The van der Waals surface area contributed by atoms with Crippen LogP contribution in [-0.2, 0) is 0 Å². The second-order valence-corrected chi connectivity index (χ2v) is 6.30. The highest BCUT2D eigenvalue weighted by molar-refractivity contribution is 9.10. The number of hydrogen-bond acceptors (Lipinski definition) is 4. The molecule has 1 aromatic heterocycles. The molecule has 1 fully saturated rings. The summed E-state index contributed by atoms with van der Waals surface area (Å²) in [6.45, 7) is 2.83. The largest absolute Gasteiger partial charge is 0.353 e. The zero-order chi connectivity index (χ0) is 16.8. The molecule has 2 heterocycles. The van der Waals surface area contributed by atoms with Crippen molar-refractivity contribution in [3.8, 4) is 0 Å². The molecule has 2 aromatic rings. The number of pyridine rings is 1. The molecule has 0 spiro atoms. The number of amides is 2. The zero-order valence-electron chi connectivity index (χ0n) is 13.1. The topological polar surface area (TPSA) is 60.8 Å². The van der Waals surface area contributed by atoms with Crippen LogP contribution in [-0.4, -0.2) is 48.3 Å². The van der Waals surface area contributed by atoms with Gasteiger partial charge in [0.2, 0.25) is 0 Å². The van der Waals surface area contributed by atoms with Crippen molar-refractivity contribution in [2.75, 3.05) is 31.1 Å². The Morgan fingerprint density at radius 1 is 1.12 bits per heavy atom. The highest BCUT2D eigenvalue weighted by atomic mass is 79.9. The summed E-state index contributed by atoms with van der Waals surface area (Å²) < 4.78 is 1.01. The number of hydrazone groups is 1. The number of benzene rings is 1. The minimum Gasteiger partial charge on any atom is -0.353 e. The smallest absolute Gasteiger partial charge is 0.337 e. The van der Waals surface area contributed by atoms with Crippen molar-refractivity contribution in [2.45, 2.75) is 0 Å². The number of nitrogens with one attached hydrogen (secondary N) is 1. The second kappa shape index (κ2) is 7.92. The Hall–Kier alpha value is -2.41. The van der Waals surface area contributed by atoms with Gasteiger partial charge in [0, 0.05) is 36.8 Å². The van der Waals surface area contributed by atoms with E-state index in [-0.39, 0.29) is 6.03 Å². The maximum Gasteiger partial charge on any atom is 0.337 e. The highest BCUT2D eigenvalue weighted by Crippen LogP contribution is 2.12. The minimum absolute atomic E-state index is 0.177. The van der Waals surface area contributed by atoms with Crippen LogP contribution in [0, 0.1) is 0 Å². The molecule has 2 amide bonds. The van der Waals surface area contributed by atoms with Gasteiger partial charge in [0.05, 0.1) is 6.21 Å². The third-order valence-corrected chi connectivity index (χ3v) is 4.31. The molecule has 0 unspecified atom stereocenters. The molecule has 1 saturated heterocycles. The summed E-state index contributed by atoms with van der Waals surface area (Å²) in [5.41, 5.74) is 3.51. The number of nitrogens with zero attached hydrogens (tertiary/aromatic N) is 4. The van der Waals surface area contributed by atoms with Crippen LogP contribution in [0.15, 0.2) is 58.2 Å². The molecular formula is C17H18BrN5O. The summed E-state index contributed by atoms with van der Waals surface area (Å²) in [7, 11) is 0. The van der Waals surface area contributed by atoms with Gasteiger partial charge in [-0.3, -0.25) is 0 Å². The number of carbonyl (C=O) groups excluding carboxylic acids is 1. The number of urea groups is 1. The summed E-state index contributed by atoms with van der Waals surface area (Å²) in [6.07, 6.45) is 3.42. The fourth-order valence-corrected chi connectivity index (χ4v) is 2.73. The van der Waals surface area contributed by atoms with Crippen molar-refractivity contribution in [3.05, 3.63) is 58.7 Å². The van der Waals surface area contributed by atoms with Gasteiger partial charge in [0.1, 0.15) is 5.82 Å². The average Bonchev–Trinajstić information content (AvgIpc) is 2.64. The van der Waals surface area contributed by atoms with Crippen molar-refractivity contribution >= 4 is 34.0 Å². The van der Waals surface area contributed by atoms with Crippen LogP contribution in [0.25, 0.3) is 0 Å². The molecule has 1 N–H and O–H groups in total. The second-order valence-electron chi connectivity index (χ2n) is 5.39. The van der Waals surface area contributed by atoms with E-state index in [4.69, 9.17) is 0 Å². The monoisotopic (exact) mass is 387 g/mol. The zero-order valence-corrected chi connectivity index (χ0v) is 14.7. The van der Waals surface area contributed by atoms with Crippen molar-refractivity contribution in [2.24, 2.45) is 5.10 Å². The van der Waals surface area contributed by atoms with E-state index in [0.717, 1.165) is 28.9 Å². The number of halogens is 1. The van der Waals surface area contributed by atoms with Gasteiger partial charge in [-0.15, -0.1) is 0 Å². The number of anilines is 1. The van der Waals surface area contributed by atoms with Crippen LogP contribution >= 0.6 is 15.9 Å². The van der Waals surface area contributed by atoms with Crippen LogP contribution in [0.4, 0.5) is 10.6 Å². The lowest BCUT2D eigenvalue weighted by Gasteiger charge is -2.34. The van der Waals surface area contributed by atoms with Crippen LogP contribution < -0.4 is 10.3 Å². The Kier molecular flexibility index (Phi) is 5.43. The Balaban J connectivity index is 1.47. The van der Waals surface area contributed by atoms with E-state index >= 15 is 0 Å². The fraction of sp³-hybridized carbons (Fsp3) is 0.235. The number of rotatable bonds is 3. The first kappa shape index (κ1) is 16.4. The van der Waals surface area contributed by atoms with E-state index in [9.17, 15) is 4.79 Å². The maximum atomic E-state index is 12.1. The van der Waals surface area contributed by atoms with Gasteiger partial charge < -0.3 is 9.80 Å². The van der Waals surface area contributed by atoms with Gasteiger partial charge in [-0.2, -0.15) is 5.10 Å². The molecule has 0 bridgehead atoms. The van der Waals surface area contributed by atoms with E-state index < -0.39 is 0 Å². The average molecular weight is 388 g/mol. The van der Waals surface area contributed by atoms with Gasteiger partial charge in [0.25, 0.3) is 0 Å². The van der Waals surface area contributed by atoms with E-state index in [0.29, 0.717) is 13.1 Å². The third kappa shape index (κ3) is 4.32. The standard InChI is InChI=1S/C17H18BrN5O/c18-15-6-4-14(5-7-15)13-20-21-17(24)23-11-9-22(10-12-23)16-3-1-2-8-19-16/h1-8,13H,9-12H2,(H,21,24)/b20-13+. The first-order valence-corrected chi connectivity index (χ1v) is 8.51. The molecule has 7 heteroatoms. The predicted molar refractivity (Wildman–Crippen MR) is 98.3 cm³/mol. The first-order chi connectivity index (χ1) is 11.7. The summed E-state index contributed by atoms with van der Waals surface area (Å²) in [6, 6.07) is 13.4.